The number of nitrogens with zero attached hydrogens (tertiary/aromatic N) is 1. The zero-order chi connectivity index (χ0) is 31.8. The number of fused-ring (bicyclic) bond motifs is 1. The maximum atomic E-state index is 13.2. The topological polar surface area (TPSA) is 154 Å². The fourth-order valence-electron chi connectivity index (χ4n) is 5.43. The fraction of sp³-hybridized carbons (Fsp3) is 0.742. The number of hydrogen-bond acceptors (Lipinski definition) is 11. The van der Waals surface area contributed by atoms with Crippen molar-refractivity contribution in [1.29, 1.82) is 0 Å². The number of carbonyl (C=O) groups is 3. The molecule has 2 aliphatic heterocycles. The van der Waals surface area contributed by atoms with Crippen LogP contribution in [0.4, 0.5) is 0 Å². The van der Waals surface area contributed by atoms with Gasteiger partial charge in [-0.15, -0.1) is 0 Å². The van der Waals surface area contributed by atoms with Crippen molar-refractivity contribution in [3.8, 4) is 0 Å². The minimum absolute atomic E-state index is 0.00196. The number of methoxy groups -OCH3 is 1. The Morgan fingerprint density at radius 3 is 2.70 bits per heavy atom. The van der Waals surface area contributed by atoms with E-state index in [4.69, 9.17) is 23.7 Å². The standard InChI is InChI=1S/C31H48NO10S/c1-20-8-7-9-24-31(37,42-24)29(36)23(41-26(33)12-13-30(3,4)28(35)21(2)16-20)11-10-22-19-43(6)25(32-22)17-40-27(34)18-39-15-14-38-5/h10-11,19-21,23-24,29,36-37H,7-9,12-18H2,1-6H3/q+1. The molecule has 11 nitrogen and oxygen atoms in total. The normalized spacial score (nSPS) is 31.0. The Balaban J connectivity index is 1.71. The Bertz CT molecular complexity index is 1130. The van der Waals surface area contributed by atoms with Crippen molar-refractivity contribution in [3.63, 3.8) is 0 Å². The molecular weight excluding hydrogens is 578 g/mol. The molecule has 0 saturated carbocycles. The molecule has 0 spiro atoms. The van der Waals surface area contributed by atoms with Crippen molar-refractivity contribution >= 4 is 34.3 Å². The molecule has 3 rings (SSSR count). The predicted molar refractivity (Wildman–Crippen MR) is 160 cm³/mol. The lowest BCUT2D eigenvalue weighted by atomic mass is 9.75. The number of aliphatic hydroxyl groups excluding tert-OH is 1. The summed E-state index contributed by atoms with van der Waals surface area (Å²) in [6.07, 6.45) is 4.88. The quantitative estimate of drug-likeness (QED) is 0.179. The lowest BCUT2D eigenvalue weighted by Crippen LogP contribution is -2.43. The number of epoxide rings is 1. The highest BCUT2D eigenvalue weighted by Gasteiger charge is 2.62. The number of rotatable bonds is 9. The summed E-state index contributed by atoms with van der Waals surface area (Å²) in [5.74, 6) is -2.63. The predicted octanol–water partition coefficient (Wildman–Crippen LogP) is 3.67. The van der Waals surface area contributed by atoms with Crippen LogP contribution in [0, 0.1) is 17.3 Å². The van der Waals surface area contributed by atoms with E-state index in [0.29, 0.717) is 36.1 Å². The molecule has 7 atom stereocenters. The van der Waals surface area contributed by atoms with E-state index >= 15 is 0 Å². The second-order valence-corrected chi connectivity index (χ2v) is 14.2. The molecule has 0 aliphatic carbocycles. The van der Waals surface area contributed by atoms with Crippen molar-refractivity contribution in [2.75, 3.05) is 26.9 Å². The number of hydrogen-bond donors (Lipinski definition) is 2. The van der Waals surface area contributed by atoms with Crippen LogP contribution in [0.5, 0.6) is 0 Å². The summed E-state index contributed by atoms with van der Waals surface area (Å²) in [7, 11) is 1.13. The van der Waals surface area contributed by atoms with E-state index in [2.05, 4.69) is 11.9 Å². The fourth-order valence-corrected chi connectivity index (χ4v) is 6.55. The van der Waals surface area contributed by atoms with Gasteiger partial charge in [-0.05, 0) is 37.3 Å². The van der Waals surface area contributed by atoms with Gasteiger partial charge in [-0.1, -0.05) is 40.5 Å². The Hall–Kier alpha value is -2.22. The maximum Gasteiger partial charge on any atom is 0.332 e. The van der Waals surface area contributed by atoms with Crippen molar-refractivity contribution in [3.05, 3.63) is 22.2 Å². The number of aryl methyl sites for hydroxylation is 1. The monoisotopic (exact) mass is 626 g/mol. The van der Waals surface area contributed by atoms with Crippen LogP contribution in [0.2, 0.25) is 0 Å². The van der Waals surface area contributed by atoms with Crippen molar-refractivity contribution in [1.82, 2.24) is 4.98 Å². The zero-order valence-corrected chi connectivity index (χ0v) is 27.0. The first kappa shape index (κ1) is 35.3. The molecule has 7 unspecified atom stereocenters. The van der Waals surface area contributed by atoms with E-state index in [1.807, 2.05) is 32.4 Å². The Kier molecular flexibility index (Phi) is 12.9. The third-order valence-corrected chi connectivity index (χ3v) is 9.66. The van der Waals surface area contributed by atoms with Crippen LogP contribution in [0.15, 0.2) is 11.5 Å². The molecule has 0 amide bonds. The first-order chi connectivity index (χ1) is 20.3. The van der Waals surface area contributed by atoms with Crippen LogP contribution >= 0.6 is 10.5 Å². The van der Waals surface area contributed by atoms with Crippen LogP contribution < -0.4 is 0 Å². The molecule has 2 aliphatic rings. The first-order valence-corrected chi connectivity index (χ1v) is 16.6. The molecule has 0 radical (unpaired) electrons. The highest BCUT2D eigenvalue weighted by molar-refractivity contribution is 7.28. The van der Waals surface area contributed by atoms with Gasteiger partial charge in [0.05, 0.1) is 13.2 Å². The smallest absolute Gasteiger partial charge is 0.332 e. The van der Waals surface area contributed by atoms with Crippen LogP contribution in [0.25, 0.3) is 6.08 Å². The number of aromatic nitrogens is 1. The number of ketones is 1. The lowest BCUT2D eigenvalue weighted by molar-refractivity contribution is -0.163. The average molecular weight is 627 g/mol. The largest absolute Gasteiger partial charge is 0.455 e. The zero-order valence-electron chi connectivity index (χ0n) is 26.2. The first-order valence-electron chi connectivity index (χ1n) is 14.9. The van der Waals surface area contributed by atoms with E-state index < -0.39 is 51.9 Å². The number of esters is 2. The summed E-state index contributed by atoms with van der Waals surface area (Å²) in [6.45, 7) is 8.23. The molecule has 0 bridgehead atoms. The molecule has 2 fully saturated rings. The van der Waals surface area contributed by atoms with Crippen LogP contribution in [-0.2, 0) is 50.9 Å². The second kappa shape index (κ2) is 15.7. The third kappa shape index (κ3) is 10.2. The number of Topliss-reactive ketones (excluding diaryl/α,β-unsaturated/α-hetero) is 1. The molecule has 242 valence electrons. The van der Waals surface area contributed by atoms with Crippen LogP contribution in [0.1, 0.15) is 76.9 Å². The summed E-state index contributed by atoms with van der Waals surface area (Å²) in [5.41, 5.74) is -0.170. The van der Waals surface area contributed by atoms with Crippen LogP contribution in [-0.4, -0.2) is 83.9 Å². The highest BCUT2D eigenvalue weighted by atomic mass is 32.2. The van der Waals surface area contributed by atoms with Gasteiger partial charge in [-0.3, -0.25) is 9.59 Å². The average Bonchev–Trinajstić information content (AvgIpc) is 3.48. The molecular formula is C31H48NO10S+. The number of thiazole rings is 1. The molecule has 1 aromatic heterocycles. The minimum Gasteiger partial charge on any atom is -0.455 e. The highest BCUT2D eigenvalue weighted by Crippen LogP contribution is 2.43. The van der Waals surface area contributed by atoms with Gasteiger partial charge in [0.25, 0.3) is 5.01 Å². The van der Waals surface area contributed by atoms with Gasteiger partial charge in [0.1, 0.15) is 30.4 Å². The molecule has 3 heterocycles. The van der Waals surface area contributed by atoms with E-state index in [1.54, 1.807) is 13.2 Å². The maximum absolute atomic E-state index is 13.2. The number of carbonyl (C=O) groups excluding carboxylic acids is 3. The molecule has 12 heteroatoms. The minimum atomic E-state index is -1.83. The van der Waals surface area contributed by atoms with E-state index in [0.717, 1.165) is 19.3 Å². The lowest BCUT2D eigenvalue weighted by Gasteiger charge is -2.28. The molecule has 2 saturated heterocycles. The van der Waals surface area contributed by atoms with E-state index in [-0.39, 0.29) is 37.9 Å². The van der Waals surface area contributed by atoms with Gasteiger partial charge >= 0.3 is 11.9 Å². The molecule has 2 N–H and O–H groups in total. The third-order valence-electron chi connectivity index (χ3n) is 8.11. The van der Waals surface area contributed by atoms with E-state index in [1.165, 1.54) is 6.08 Å². The van der Waals surface area contributed by atoms with Gasteiger partial charge < -0.3 is 33.9 Å². The van der Waals surface area contributed by atoms with Gasteiger partial charge in [0.2, 0.25) is 5.79 Å². The molecule has 43 heavy (non-hydrogen) atoms. The van der Waals surface area contributed by atoms with Gasteiger partial charge in [0, 0.05) is 35.3 Å². The summed E-state index contributed by atoms with van der Waals surface area (Å²) in [5, 5.41) is 24.7. The molecule has 0 aromatic carbocycles. The number of aliphatic hydroxyl groups is 2. The van der Waals surface area contributed by atoms with Gasteiger partial charge in [0.15, 0.2) is 24.2 Å². The van der Waals surface area contributed by atoms with Crippen LogP contribution in [0.3, 0.4) is 0 Å². The number of ether oxygens (including phenoxy) is 5. The Morgan fingerprint density at radius 1 is 1.23 bits per heavy atom. The SMILES string of the molecule is COCCOCC(=O)OCc1nc(C=CC2OC(=O)CCC(C)(C)C(=O)C(C)CC(C)CCCC3OC3(O)C2O)c[s+]1C. The van der Waals surface area contributed by atoms with Gasteiger partial charge in [-0.2, -0.15) is 4.98 Å². The van der Waals surface area contributed by atoms with Gasteiger partial charge in [-0.25, -0.2) is 4.79 Å². The Morgan fingerprint density at radius 2 is 1.98 bits per heavy atom. The number of cyclic esters (lactones) is 1. The molecule has 1 aromatic rings. The van der Waals surface area contributed by atoms with Crippen molar-refractivity contribution in [2.45, 2.75) is 96.9 Å². The summed E-state index contributed by atoms with van der Waals surface area (Å²) in [4.78, 5) is 42.6. The summed E-state index contributed by atoms with van der Waals surface area (Å²) < 4.78 is 26.5. The summed E-state index contributed by atoms with van der Waals surface area (Å²) in [6, 6.07) is 0. The van der Waals surface area contributed by atoms with E-state index in [9.17, 15) is 24.6 Å². The van der Waals surface area contributed by atoms with Crippen molar-refractivity contribution < 1.29 is 48.3 Å². The summed E-state index contributed by atoms with van der Waals surface area (Å²) >= 11 is 0. The Labute approximate surface area is 256 Å². The van der Waals surface area contributed by atoms with Crippen molar-refractivity contribution in [2.24, 2.45) is 23.5 Å². The second-order valence-electron chi connectivity index (χ2n) is 12.3.